The fraction of sp³-hybridized carbons (Fsp3) is 0.500. The molecule has 2 aromatic rings. The maximum atomic E-state index is 12.6. The molecule has 27 heavy (non-hydrogen) atoms. The smallest absolute Gasteiger partial charge is 0.263 e. The second kappa shape index (κ2) is 7.02. The van der Waals surface area contributed by atoms with E-state index in [1.165, 1.54) is 0 Å². The van der Waals surface area contributed by atoms with E-state index >= 15 is 0 Å². The van der Waals surface area contributed by atoms with Crippen LogP contribution in [-0.2, 0) is 18.4 Å². The second-order valence-corrected chi connectivity index (χ2v) is 9.20. The highest BCUT2D eigenvalue weighted by Crippen LogP contribution is 2.59. The van der Waals surface area contributed by atoms with E-state index in [0.29, 0.717) is 12.3 Å². The Morgan fingerprint density at radius 3 is 2.41 bits per heavy atom. The van der Waals surface area contributed by atoms with Crippen LogP contribution in [0.3, 0.4) is 0 Å². The van der Waals surface area contributed by atoms with Crippen LogP contribution in [-0.4, -0.2) is 25.6 Å². The fourth-order valence-corrected chi connectivity index (χ4v) is 3.70. The number of carbonyl (C=O) groups excluding carboxylic acids is 1. The highest BCUT2D eigenvalue weighted by atomic mass is 35.5. The first-order valence-electron chi connectivity index (χ1n) is 8.95. The fourth-order valence-electron chi connectivity index (χ4n) is 3.14. The Balaban J connectivity index is 1.61. The van der Waals surface area contributed by atoms with Crippen molar-refractivity contribution < 1.29 is 9.53 Å². The van der Waals surface area contributed by atoms with Crippen molar-refractivity contribution in [2.24, 2.45) is 7.05 Å². The SMILES string of the molecule is Cc1nn(C)c(C)c1CNC(=O)C(C)(C)Oc1ccc(C2CC2(Cl)Cl)cc1. The molecule has 1 aliphatic carbocycles. The van der Waals surface area contributed by atoms with Crippen LogP contribution in [0.4, 0.5) is 0 Å². The molecule has 0 aliphatic heterocycles. The topological polar surface area (TPSA) is 56.2 Å². The Morgan fingerprint density at radius 2 is 1.93 bits per heavy atom. The molecule has 0 saturated heterocycles. The van der Waals surface area contributed by atoms with E-state index < -0.39 is 9.93 Å². The summed E-state index contributed by atoms with van der Waals surface area (Å²) in [6.45, 7) is 7.85. The molecule has 1 atom stereocenters. The van der Waals surface area contributed by atoms with Crippen LogP contribution in [0.1, 0.15) is 48.7 Å². The maximum Gasteiger partial charge on any atom is 0.263 e. The van der Waals surface area contributed by atoms with Crippen molar-refractivity contribution in [1.82, 2.24) is 15.1 Å². The van der Waals surface area contributed by atoms with E-state index in [-0.39, 0.29) is 11.8 Å². The highest BCUT2D eigenvalue weighted by molar-refractivity contribution is 6.51. The van der Waals surface area contributed by atoms with Gasteiger partial charge in [-0.15, -0.1) is 23.2 Å². The Bertz CT molecular complexity index is 857. The summed E-state index contributed by atoms with van der Waals surface area (Å²) < 4.78 is 7.09. The van der Waals surface area contributed by atoms with Gasteiger partial charge in [0.1, 0.15) is 10.1 Å². The van der Waals surface area contributed by atoms with Gasteiger partial charge in [0.15, 0.2) is 5.60 Å². The van der Waals surface area contributed by atoms with Crippen LogP contribution in [0.15, 0.2) is 24.3 Å². The molecule has 0 bridgehead atoms. The minimum Gasteiger partial charge on any atom is -0.478 e. The lowest BCUT2D eigenvalue weighted by atomic mass is 10.1. The number of amides is 1. The van der Waals surface area contributed by atoms with E-state index in [0.717, 1.165) is 28.9 Å². The highest BCUT2D eigenvalue weighted by Gasteiger charge is 2.52. The number of hydrogen-bond donors (Lipinski definition) is 1. The molecule has 3 rings (SSSR count). The Morgan fingerprint density at radius 1 is 1.33 bits per heavy atom. The van der Waals surface area contributed by atoms with E-state index in [1.807, 2.05) is 49.8 Å². The molecule has 1 amide bonds. The zero-order valence-electron chi connectivity index (χ0n) is 16.3. The molecule has 1 aromatic carbocycles. The largest absolute Gasteiger partial charge is 0.478 e. The number of benzene rings is 1. The predicted molar refractivity (Wildman–Crippen MR) is 107 cm³/mol. The van der Waals surface area contributed by atoms with Gasteiger partial charge in [-0.05, 0) is 51.8 Å². The minimum atomic E-state index is -1.01. The minimum absolute atomic E-state index is 0.164. The molecule has 0 spiro atoms. The summed E-state index contributed by atoms with van der Waals surface area (Å²) in [4.78, 5) is 12.6. The van der Waals surface area contributed by atoms with Crippen molar-refractivity contribution in [3.8, 4) is 5.75 Å². The zero-order chi connectivity index (χ0) is 20.0. The summed E-state index contributed by atoms with van der Waals surface area (Å²) in [6.07, 6.45) is 0.761. The quantitative estimate of drug-likeness (QED) is 0.728. The first-order valence-corrected chi connectivity index (χ1v) is 9.71. The molecule has 1 aromatic heterocycles. The summed E-state index contributed by atoms with van der Waals surface area (Å²) in [5.74, 6) is 0.608. The van der Waals surface area contributed by atoms with Crippen LogP contribution in [0, 0.1) is 13.8 Å². The standard InChI is InChI=1S/C20H25Cl2N3O2/c1-12-16(13(2)25(5)24-12)11-23-18(26)19(3,4)27-15-8-6-14(7-9-15)17-10-20(17,21)22/h6-9,17H,10-11H2,1-5H3,(H,23,26). The Hall–Kier alpha value is -1.72. The van der Waals surface area contributed by atoms with Crippen molar-refractivity contribution in [1.29, 1.82) is 0 Å². The number of aromatic nitrogens is 2. The van der Waals surface area contributed by atoms with Gasteiger partial charge >= 0.3 is 0 Å². The number of alkyl halides is 2. The van der Waals surface area contributed by atoms with Gasteiger partial charge in [0.05, 0.1) is 5.69 Å². The monoisotopic (exact) mass is 409 g/mol. The van der Waals surface area contributed by atoms with Crippen LogP contribution in [0.5, 0.6) is 5.75 Å². The van der Waals surface area contributed by atoms with Crippen molar-refractivity contribution in [2.75, 3.05) is 0 Å². The summed E-state index contributed by atoms with van der Waals surface area (Å²) in [5.41, 5.74) is 3.06. The summed E-state index contributed by atoms with van der Waals surface area (Å²) >= 11 is 12.2. The van der Waals surface area contributed by atoms with Crippen molar-refractivity contribution in [3.63, 3.8) is 0 Å². The zero-order valence-corrected chi connectivity index (χ0v) is 17.8. The average molecular weight is 410 g/mol. The third-order valence-electron chi connectivity index (χ3n) is 5.11. The molecule has 7 heteroatoms. The van der Waals surface area contributed by atoms with Gasteiger partial charge in [-0.1, -0.05) is 12.1 Å². The predicted octanol–water partition coefficient (Wildman–Crippen LogP) is 4.17. The molecule has 1 unspecified atom stereocenters. The molecule has 5 nitrogen and oxygen atoms in total. The molecule has 1 heterocycles. The summed E-state index contributed by atoms with van der Waals surface area (Å²) in [5, 5.41) is 7.32. The van der Waals surface area contributed by atoms with Gasteiger partial charge in [0.2, 0.25) is 0 Å². The first-order chi connectivity index (χ1) is 12.5. The van der Waals surface area contributed by atoms with Crippen LogP contribution in [0.2, 0.25) is 0 Å². The summed E-state index contributed by atoms with van der Waals surface area (Å²) in [6, 6.07) is 7.59. The van der Waals surface area contributed by atoms with E-state index in [9.17, 15) is 4.79 Å². The number of nitrogens with zero attached hydrogens (tertiary/aromatic N) is 2. The van der Waals surface area contributed by atoms with Crippen LogP contribution < -0.4 is 10.1 Å². The maximum absolute atomic E-state index is 12.6. The lowest BCUT2D eigenvalue weighted by Crippen LogP contribution is -2.46. The van der Waals surface area contributed by atoms with Gasteiger partial charge in [-0.2, -0.15) is 5.10 Å². The normalized spacial score (nSPS) is 18.3. The average Bonchev–Trinajstić information content (AvgIpc) is 3.15. The van der Waals surface area contributed by atoms with Gasteiger partial charge in [-0.25, -0.2) is 0 Å². The number of hydrogen-bond acceptors (Lipinski definition) is 3. The Labute approximate surface area is 170 Å². The second-order valence-electron chi connectivity index (χ2n) is 7.65. The number of halogens is 2. The van der Waals surface area contributed by atoms with Crippen LogP contribution in [0.25, 0.3) is 0 Å². The lowest BCUT2D eigenvalue weighted by Gasteiger charge is -2.25. The first kappa shape index (κ1) is 20.0. The van der Waals surface area contributed by atoms with Gasteiger partial charge < -0.3 is 10.1 Å². The molecule has 0 radical (unpaired) electrons. The number of ether oxygens (including phenoxy) is 1. The molecule has 146 valence electrons. The lowest BCUT2D eigenvalue weighted by molar-refractivity contribution is -0.134. The number of aryl methyl sites for hydroxylation is 2. The van der Waals surface area contributed by atoms with Crippen molar-refractivity contribution in [3.05, 3.63) is 46.8 Å². The number of nitrogens with one attached hydrogen (secondary N) is 1. The molecular formula is C20H25Cl2N3O2. The summed E-state index contributed by atoms with van der Waals surface area (Å²) in [7, 11) is 1.89. The third kappa shape index (κ3) is 4.25. The van der Waals surface area contributed by atoms with Gasteiger partial charge in [-0.3, -0.25) is 9.48 Å². The molecule has 1 N–H and O–H groups in total. The number of rotatable bonds is 6. The van der Waals surface area contributed by atoms with Crippen molar-refractivity contribution >= 4 is 29.1 Å². The van der Waals surface area contributed by atoms with Gasteiger partial charge in [0.25, 0.3) is 5.91 Å². The third-order valence-corrected chi connectivity index (χ3v) is 5.95. The van der Waals surface area contributed by atoms with E-state index in [2.05, 4.69) is 10.4 Å². The van der Waals surface area contributed by atoms with E-state index in [4.69, 9.17) is 27.9 Å². The van der Waals surface area contributed by atoms with E-state index in [1.54, 1.807) is 13.8 Å². The molecular weight excluding hydrogens is 385 g/mol. The molecule has 1 fully saturated rings. The number of carbonyl (C=O) groups is 1. The van der Waals surface area contributed by atoms with Crippen LogP contribution >= 0.6 is 23.2 Å². The molecule has 1 saturated carbocycles. The molecule has 1 aliphatic rings. The Kier molecular flexibility index (Phi) is 5.21. The van der Waals surface area contributed by atoms with Crippen molar-refractivity contribution in [2.45, 2.75) is 56.5 Å². The van der Waals surface area contributed by atoms with Gasteiger partial charge in [0, 0.05) is 30.8 Å².